The van der Waals surface area contributed by atoms with Crippen molar-refractivity contribution in [1.29, 1.82) is 10.5 Å². The molecule has 2 nitrogen and oxygen atoms in total. The number of nitriles is 2. The monoisotopic (exact) mass is 244 g/mol. The zero-order valence-electron chi connectivity index (χ0n) is 11.3. The van der Waals surface area contributed by atoms with Crippen LogP contribution in [0.2, 0.25) is 0 Å². The molecular weight excluding hydrogens is 220 g/mol. The molecule has 0 amide bonds. The first-order valence-electron chi connectivity index (χ1n) is 7.35. The van der Waals surface area contributed by atoms with Crippen LogP contribution in [0.25, 0.3) is 0 Å². The van der Waals surface area contributed by atoms with Crippen LogP contribution in [-0.2, 0) is 0 Å². The number of rotatable bonds is 5. The van der Waals surface area contributed by atoms with Gasteiger partial charge in [0.05, 0.1) is 12.1 Å². The van der Waals surface area contributed by atoms with E-state index in [9.17, 15) is 5.26 Å². The number of allylic oxidation sites excluding steroid dienone is 2. The number of nitrogens with zero attached hydrogens (tertiary/aromatic N) is 2. The number of hydrogen-bond donors (Lipinski definition) is 0. The second-order valence-electron chi connectivity index (χ2n) is 5.22. The van der Waals surface area contributed by atoms with Gasteiger partial charge in [-0.25, -0.2) is 0 Å². The third-order valence-electron chi connectivity index (χ3n) is 3.78. The van der Waals surface area contributed by atoms with Crippen molar-refractivity contribution in [3.8, 4) is 12.1 Å². The molecule has 0 heterocycles. The largest absolute Gasteiger partial charge is 0.198 e. The minimum atomic E-state index is 0.506. The van der Waals surface area contributed by atoms with E-state index < -0.39 is 0 Å². The van der Waals surface area contributed by atoms with Crippen molar-refractivity contribution >= 4 is 0 Å². The second kappa shape index (κ2) is 9.72. The first-order valence-corrected chi connectivity index (χ1v) is 7.35. The minimum Gasteiger partial charge on any atom is -0.198 e. The van der Waals surface area contributed by atoms with Crippen LogP contribution in [0.3, 0.4) is 0 Å². The molecule has 18 heavy (non-hydrogen) atoms. The molecule has 0 unspecified atom stereocenters. The van der Waals surface area contributed by atoms with Crippen LogP contribution in [0.1, 0.15) is 70.6 Å². The summed E-state index contributed by atoms with van der Waals surface area (Å²) in [5.74, 6) is 0.506. The smallest absolute Gasteiger partial charge is 0.0946 e. The van der Waals surface area contributed by atoms with Gasteiger partial charge in [-0.05, 0) is 38.0 Å². The van der Waals surface area contributed by atoms with Crippen molar-refractivity contribution in [3.05, 3.63) is 11.6 Å². The van der Waals surface area contributed by atoms with Crippen molar-refractivity contribution in [2.45, 2.75) is 70.6 Å². The Morgan fingerprint density at radius 2 is 1.67 bits per heavy atom. The van der Waals surface area contributed by atoms with Gasteiger partial charge in [0.1, 0.15) is 0 Å². The molecule has 1 rings (SSSR count). The van der Waals surface area contributed by atoms with Crippen molar-refractivity contribution < 1.29 is 0 Å². The fraction of sp³-hybridized carbons (Fsp3) is 0.750. The SMILES string of the molecule is N#CCCCC/C=C(/C#N)C1CCCCCCC1. The van der Waals surface area contributed by atoms with E-state index in [1.807, 2.05) is 0 Å². The topological polar surface area (TPSA) is 47.6 Å². The van der Waals surface area contributed by atoms with Crippen molar-refractivity contribution in [1.82, 2.24) is 0 Å². The maximum atomic E-state index is 9.27. The highest BCUT2D eigenvalue weighted by Crippen LogP contribution is 2.28. The summed E-state index contributed by atoms with van der Waals surface area (Å²) in [5, 5.41) is 17.7. The summed E-state index contributed by atoms with van der Waals surface area (Å²) in [6.45, 7) is 0. The van der Waals surface area contributed by atoms with Crippen LogP contribution in [0.5, 0.6) is 0 Å². The lowest BCUT2D eigenvalue weighted by molar-refractivity contribution is 0.425. The first-order chi connectivity index (χ1) is 8.88. The van der Waals surface area contributed by atoms with E-state index in [-0.39, 0.29) is 0 Å². The van der Waals surface area contributed by atoms with Gasteiger partial charge >= 0.3 is 0 Å². The summed E-state index contributed by atoms with van der Waals surface area (Å²) in [6.07, 6.45) is 14.7. The Labute approximate surface area is 111 Å². The Hall–Kier alpha value is -1.28. The molecule has 1 aliphatic carbocycles. The van der Waals surface area contributed by atoms with Gasteiger partial charge < -0.3 is 0 Å². The normalized spacial score (nSPS) is 18.4. The fourth-order valence-corrected chi connectivity index (χ4v) is 2.68. The average Bonchev–Trinajstić information content (AvgIpc) is 2.35. The molecule has 0 saturated heterocycles. The van der Waals surface area contributed by atoms with Crippen molar-refractivity contribution in [2.24, 2.45) is 5.92 Å². The molecule has 1 saturated carbocycles. The molecule has 0 aliphatic heterocycles. The molecule has 98 valence electrons. The van der Waals surface area contributed by atoms with Crippen LogP contribution in [0, 0.1) is 28.6 Å². The second-order valence-corrected chi connectivity index (χ2v) is 5.22. The summed E-state index contributed by atoms with van der Waals surface area (Å²) < 4.78 is 0. The molecule has 1 aliphatic rings. The van der Waals surface area contributed by atoms with Crippen LogP contribution in [0.15, 0.2) is 11.6 Å². The van der Waals surface area contributed by atoms with Crippen molar-refractivity contribution in [3.63, 3.8) is 0 Å². The van der Waals surface area contributed by atoms with Gasteiger partial charge in [-0.3, -0.25) is 0 Å². The lowest BCUT2D eigenvalue weighted by atomic mass is 9.85. The van der Waals surface area contributed by atoms with Gasteiger partial charge in [-0.1, -0.05) is 38.2 Å². The highest BCUT2D eigenvalue weighted by molar-refractivity contribution is 5.23. The summed E-state index contributed by atoms with van der Waals surface area (Å²) in [6, 6.07) is 4.57. The van der Waals surface area contributed by atoms with Gasteiger partial charge in [0.2, 0.25) is 0 Å². The number of hydrogen-bond acceptors (Lipinski definition) is 2. The highest BCUT2D eigenvalue weighted by atomic mass is 14.3. The Morgan fingerprint density at radius 3 is 2.28 bits per heavy atom. The number of unbranched alkanes of at least 4 members (excludes halogenated alkanes) is 3. The molecule has 2 heteroatoms. The fourth-order valence-electron chi connectivity index (χ4n) is 2.68. The first kappa shape index (κ1) is 14.8. The van der Waals surface area contributed by atoms with E-state index in [4.69, 9.17) is 5.26 Å². The lowest BCUT2D eigenvalue weighted by Crippen LogP contribution is -2.06. The van der Waals surface area contributed by atoms with E-state index in [1.165, 1.54) is 44.9 Å². The summed E-state index contributed by atoms with van der Waals surface area (Å²) >= 11 is 0. The van der Waals surface area contributed by atoms with Gasteiger partial charge in [0.25, 0.3) is 0 Å². The molecular formula is C16H24N2. The van der Waals surface area contributed by atoms with Crippen molar-refractivity contribution in [2.75, 3.05) is 0 Å². The van der Waals surface area contributed by atoms with E-state index in [1.54, 1.807) is 0 Å². The molecule has 0 atom stereocenters. The summed E-state index contributed by atoms with van der Waals surface area (Å²) in [7, 11) is 0. The maximum absolute atomic E-state index is 9.27. The van der Waals surface area contributed by atoms with Crippen LogP contribution in [0.4, 0.5) is 0 Å². The maximum Gasteiger partial charge on any atom is 0.0946 e. The highest BCUT2D eigenvalue weighted by Gasteiger charge is 2.15. The zero-order chi connectivity index (χ0) is 13.1. The molecule has 0 N–H and O–H groups in total. The van der Waals surface area contributed by atoms with Gasteiger partial charge in [0, 0.05) is 12.0 Å². The Kier molecular flexibility index (Phi) is 7.98. The molecule has 0 spiro atoms. The predicted molar refractivity (Wildman–Crippen MR) is 73.6 cm³/mol. The van der Waals surface area contributed by atoms with E-state index in [0.29, 0.717) is 12.3 Å². The third-order valence-corrected chi connectivity index (χ3v) is 3.78. The summed E-state index contributed by atoms with van der Waals surface area (Å²) in [5.41, 5.74) is 1.01. The molecule has 1 fully saturated rings. The Bertz CT molecular complexity index is 322. The average molecular weight is 244 g/mol. The lowest BCUT2D eigenvalue weighted by Gasteiger charge is -2.18. The van der Waals surface area contributed by atoms with E-state index >= 15 is 0 Å². The Balaban J connectivity index is 2.40. The Morgan fingerprint density at radius 1 is 1.00 bits per heavy atom. The van der Waals surface area contributed by atoms with Gasteiger partial charge in [0.15, 0.2) is 0 Å². The van der Waals surface area contributed by atoms with Crippen LogP contribution < -0.4 is 0 Å². The molecule has 0 aromatic carbocycles. The quantitative estimate of drug-likeness (QED) is 0.511. The molecule has 0 bridgehead atoms. The minimum absolute atomic E-state index is 0.506. The van der Waals surface area contributed by atoms with Crippen LogP contribution in [-0.4, -0.2) is 0 Å². The zero-order valence-corrected chi connectivity index (χ0v) is 11.3. The summed E-state index contributed by atoms with van der Waals surface area (Å²) in [4.78, 5) is 0. The molecule has 0 radical (unpaired) electrons. The predicted octanol–water partition coefficient (Wildman–Crippen LogP) is 4.88. The van der Waals surface area contributed by atoms with Gasteiger partial charge in [-0.2, -0.15) is 10.5 Å². The molecule has 0 aromatic rings. The molecule has 0 aromatic heterocycles. The van der Waals surface area contributed by atoms with Crippen LogP contribution >= 0.6 is 0 Å². The van der Waals surface area contributed by atoms with Gasteiger partial charge in [-0.15, -0.1) is 0 Å². The standard InChI is InChI=1S/C16H24N2/c17-13-9-5-4-8-12-16(14-18)15-10-6-2-1-3-7-11-15/h12,15H,1-11H2/b16-12-. The van der Waals surface area contributed by atoms with E-state index in [0.717, 1.165) is 24.8 Å². The third kappa shape index (κ3) is 5.87. The van der Waals surface area contributed by atoms with E-state index in [2.05, 4.69) is 18.2 Å².